The van der Waals surface area contributed by atoms with Crippen molar-refractivity contribution in [2.24, 2.45) is 0 Å². The van der Waals surface area contributed by atoms with Crippen molar-refractivity contribution < 1.29 is 65.4 Å². The number of H-pyrrole nitrogens is 1. The Bertz CT molecular complexity index is 1380. The van der Waals surface area contributed by atoms with Gasteiger partial charge in [-0.25, -0.2) is 23.1 Å². The standard InChI is InChI=1S/C13H19FN5O14P3/c1-29-5-2-4(31-35(25,26)33-36(27,28)32-34(22,23)24)8(20)13(14)7(9(13)30-5)19-3-16-6-10(19)17-12(15)18-11(6)21/h3-5,7-9,20H,2H2,1H3,(H,25,26)(H,27,28)(H2,22,23,24)(H3,15,17,18,21)/t4-,5?,7?,8+,9-,13-/m0/s1. The molecule has 1 aliphatic carbocycles. The fraction of sp³-hybridized carbons (Fsp3) is 0.615. The van der Waals surface area contributed by atoms with E-state index in [-0.39, 0.29) is 17.1 Å². The van der Waals surface area contributed by atoms with Crippen LogP contribution in [0.4, 0.5) is 10.3 Å². The van der Waals surface area contributed by atoms with Gasteiger partial charge >= 0.3 is 23.5 Å². The van der Waals surface area contributed by atoms with Gasteiger partial charge in [0.1, 0.15) is 24.4 Å². The second kappa shape index (κ2) is 8.99. The van der Waals surface area contributed by atoms with Crippen molar-refractivity contribution in [1.82, 2.24) is 19.5 Å². The average molecular weight is 581 g/mol. The zero-order valence-corrected chi connectivity index (χ0v) is 20.4. The molecular formula is C13H19FN5O14P3. The lowest BCUT2D eigenvalue weighted by atomic mass is 10.0. The number of imidazole rings is 1. The van der Waals surface area contributed by atoms with E-state index in [4.69, 9.17) is 25.0 Å². The van der Waals surface area contributed by atoms with E-state index < -0.39 is 71.8 Å². The number of aliphatic hydroxyl groups is 1. The highest BCUT2D eigenvalue weighted by atomic mass is 31.3. The molecule has 2 aliphatic rings. The highest BCUT2D eigenvalue weighted by molar-refractivity contribution is 7.66. The maximum Gasteiger partial charge on any atom is 0.490 e. The summed E-state index contributed by atoms with van der Waals surface area (Å²) in [7, 11) is -16.1. The highest BCUT2D eigenvalue weighted by Crippen LogP contribution is 2.68. The van der Waals surface area contributed by atoms with E-state index in [1.54, 1.807) is 0 Å². The first kappa shape index (κ1) is 27.4. The van der Waals surface area contributed by atoms with Gasteiger partial charge in [-0.15, -0.1) is 0 Å². The van der Waals surface area contributed by atoms with Gasteiger partial charge in [0, 0.05) is 13.5 Å². The molecule has 0 spiro atoms. The number of methoxy groups -OCH3 is 1. The van der Waals surface area contributed by atoms with Gasteiger partial charge in [0.05, 0.1) is 6.33 Å². The van der Waals surface area contributed by atoms with Gasteiger partial charge in [0.15, 0.2) is 23.1 Å². The highest BCUT2D eigenvalue weighted by Gasteiger charge is 2.76. The van der Waals surface area contributed by atoms with E-state index in [2.05, 4.69) is 28.1 Å². The fourth-order valence-electron chi connectivity index (χ4n) is 3.90. The minimum absolute atomic E-state index is 0.166. The van der Waals surface area contributed by atoms with Gasteiger partial charge < -0.3 is 44.5 Å². The third kappa shape index (κ3) is 5.19. The van der Waals surface area contributed by atoms with Crippen LogP contribution in [0.3, 0.4) is 0 Å². The summed E-state index contributed by atoms with van der Waals surface area (Å²) < 4.78 is 74.3. The number of ether oxygens (including phenoxy) is 2. The van der Waals surface area contributed by atoms with Gasteiger partial charge in [-0.05, 0) is 0 Å². The largest absolute Gasteiger partial charge is 0.490 e. The van der Waals surface area contributed by atoms with Gasteiger partial charge in [-0.2, -0.15) is 13.6 Å². The zero-order chi connectivity index (χ0) is 26.8. The molecule has 2 aromatic rings. The second-order valence-corrected chi connectivity index (χ2v) is 12.1. The maximum atomic E-state index is 16.1. The van der Waals surface area contributed by atoms with Gasteiger partial charge in [0.2, 0.25) is 5.95 Å². The summed E-state index contributed by atoms with van der Waals surface area (Å²) in [5.74, 6) is -0.315. The molecule has 1 aliphatic heterocycles. The molecule has 19 nitrogen and oxygen atoms in total. The lowest BCUT2D eigenvalue weighted by Crippen LogP contribution is -2.40. The SMILES string of the molecule is COC1C[C@H](OP(=O)(O)OP(=O)(O)OP(=O)(O)O)[C@@H](O)[C@@]2(F)C(n3cnc4c(=O)[nH]c(N)nc43)[C@@H]2O1. The second-order valence-electron chi connectivity index (χ2n) is 7.68. The lowest BCUT2D eigenvalue weighted by Gasteiger charge is -2.28. The Morgan fingerprint density at radius 3 is 2.53 bits per heavy atom. The van der Waals surface area contributed by atoms with Gasteiger partial charge in [0.25, 0.3) is 5.56 Å². The van der Waals surface area contributed by atoms with E-state index >= 15 is 4.39 Å². The molecule has 4 rings (SSSR count). The Kier molecular flexibility index (Phi) is 6.84. The Morgan fingerprint density at radius 1 is 1.25 bits per heavy atom. The minimum atomic E-state index is -5.87. The summed E-state index contributed by atoms with van der Waals surface area (Å²) in [5.41, 5.74) is 1.66. The zero-order valence-electron chi connectivity index (χ0n) is 17.7. The number of rotatable bonds is 8. The molecule has 8 N–H and O–H groups in total. The Morgan fingerprint density at radius 2 is 1.92 bits per heavy atom. The first-order valence-electron chi connectivity index (χ1n) is 9.57. The number of aromatic nitrogens is 4. The van der Waals surface area contributed by atoms with Crippen LogP contribution >= 0.6 is 23.5 Å². The number of hydrogen-bond donors (Lipinski definition) is 7. The molecule has 2 aromatic heterocycles. The van der Waals surface area contributed by atoms with Crippen LogP contribution in [-0.4, -0.2) is 81.6 Å². The summed E-state index contributed by atoms with van der Waals surface area (Å²) in [6, 6.07) is -1.42. The summed E-state index contributed by atoms with van der Waals surface area (Å²) in [6.07, 6.45) is -6.70. The third-order valence-electron chi connectivity index (χ3n) is 5.29. The van der Waals surface area contributed by atoms with E-state index in [9.17, 15) is 33.4 Å². The number of fused-ring (bicyclic) bond motifs is 2. The van der Waals surface area contributed by atoms with Crippen LogP contribution < -0.4 is 11.3 Å². The molecule has 0 aromatic carbocycles. The minimum Gasteiger partial charge on any atom is -0.387 e. The van der Waals surface area contributed by atoms with Crippen molar-refractivity contribution in [3.63, 3.8) is 0 Å². The smallest absolute Gasteiger partial charge is 0.387 e. The van der Waals surface area contributed by atoms with Crippen molar-refractivity contribution in [3.05, 3.63) is 16.7 Å². The third-order valence-corrected chi connectivity index (χ3v) is 9.16. The van der Waals surface area contributed by atoms with Crippen LogP contribution in [-0.2, 0) is 36.3 Å². The normalized spacial score (nSPS) is 33.9. The fourth-order valence-corrected chi connectivity index (χ4v) is 7.10. The average Bonchev–Trinajstić information content (AvgIpc) is 3.08. The molecule has 36 heavy (non-hydrogen) atoms. The predicted molar refractivity (Wildman–Crippen MR) is 110 cm³/mol. The quantitative estimate of drug-likeness (QED) is 0.180. The van der Waals surface area contributed by atoms with Crippen LogP contribution in [0, 0.1) is 0 Å². The number of nitrogens with zero attached hydrogens (tertiary/aromatic N) is 3. The number of phosphoric acid groups is 3. The Hall–Kier alpha value is -1.63. The van der Waals surface area contributed by atoms with Gasteiger partial charge in [-0.3, -0.25) is 14.3 Å². The lowest BCUT2D eigenvalue weighted by molar-refractivity contribution is -0.146. The van der Waals surface area contributed by atoms with Crippen molar-refractivity contribution in [2.75, 3.05) is 12.8 Å². The van der Waals surface area contributed by atoms with Gasteiger partial charge in [-0.1, -0.05) is 0 Å². The van der Waals surface area contributed by atoms with Crippen LogP contribution in [0.25, 0.3) is 11.2 Å². The molecular weight excluding hydrogens is 562 g/mol. The summed E-state index contributed by atoms with van der Waals surface area (Å²) in [5, 5.41) is 10.8. The molecule has 1 saturated carbocycles. The van der Waals surface area contributed by atoms with Crippen molar-refractivity contribution in [2.45, 2.75) is 42.7 Å². The number of nitrogens with one attached hydrogen (secondary N) is 1. The number of nitrogen functional groups attached to an aromatic ring is 1. The van der Waals surface area contributed by atoms with Crippen LogP contribution in [0.1, 0.15) is 12.5 Å². The van der Waals surface area contributed by atoms with Crippen LogP contribution in [0.2, 0.25) is 0 Å². The molecule has 0 amide bonds. The molecule has 1 saturated heterocycles. The van der Waals surface area contributed by atoms with Crippen molar-refractivity contribution in [1.29, 1.82) is 0 Å². The molecule has 4 unspecified atom stereocenters. The number of phosphoric ester groups is 1. The first-order chi connectivity index (χ1) is 16.5. The van der Waals surface area contributed by atoms with Crippen LogP contribution in [0.15, 0.2) is 11.1 Å². The number of aromatic amines is 1. The predicted octanol–water partition coefficient (Wildman–Crippen LogP) is -1.20. The molecule has 8 atom stereocenters. The molecule has 3 heterocycles. The van der Waals surface area contributed by atoms with E-state index in [1.807, 2.05) is 0 Å². The van der Waals surface area contributed by atoms with Crippen molar-refractivity contribution >= 4 is 40.6 Å². The van der Waals surface area contributed by atoms with E-state index in [1.165, 1.54) is 0 Å². The molecule has 202 valence electrons. The molecule has 0 bridgehead atoms. The maximum absolute atomic E-state index is 16.1. The summed E-state index contributed by atoms with van der Waals surface area (Å²) >= 11 is 0. The number of aliphatic hydroxyl groups excluding tert-OH is 1. The first-order valence-corrected chi connectivity index (χ1v) is 14.1. The van der Waals surface area contributed by atoms with E-state index in [0.29, 0.717) is 0 Å². The summed E-state index contributed by atoms with van der Waals surface area (Å²) in [6.45, 7) is 0. The van der Waals surface area contributed by atoms with Crippen molar-refractivity contribution in [3.8, 4) is 0 Å². The van der Waals surface area contributed by atoms with E-state index in [0.717, 1.165) is 18.0 Å². The topological polar surface area (TPSA) is 288 Å². The van der Waals surface area contributed by atoms with Crippen LogP contribution in [0.5, 0.6) is 0 Å². The summed E-state index contributed by atoms with van der Waals surface area (Å²) in [4.78, 5) is 58.4. The Balaban J connectivity index is 1.63. The number of hydrogen-bond acceptors (Lipinski definition) is 13. The number of alkyl halides is 1. The molecule has 2 fully saturated rings. The monoisotopic (exact) mass is 581 g/mol. The number of nitrogens with two attached hydrogens (primary N) is 1. The number of halogens is 1. The molecule has 23 heteroatoms. The molecule has 0 radical (unpaired) electrons. The Labute approximate surface area is 198 Å². The number of anilines is 1.